The number of carbonyl (C=O) groups excluding carboxylic acids is 1. The van der Waals surface area contributed by atoms with E-state index in [0.717, 1.165) is 0 Å². The van der Waals surface area contributed by atoms with Crippen LogP contribution in [-0.4, -0.2) is 38.3 Å². The van der Waals surface area contributed by atoms with Gasteiger partial charge in [-0.2, -0.15) is 0 Å². The lowest BCUT2D eigenvalue weighted by Gasteiger charge is -2.03. The van der Waals surface area contributed by atoms with Crippen molar-refractivity contribution < 1.29 is 13.2 Å². The molecular formula is C11H21NO3S. The maximum Gasteiger partial charge on any atom is 0.150 e. The number of sulfone groups is 1. The standard InChI is InChI=1S/C11H21NO3S/c1-2-8-16(14,15)9-6-11(13)5-7-12-10-3-4-10/h10,12H,2-9H2,1H3. The van der Waals surface area contributed by atoms with Crippen molar-refractivity contribution in [3.05, 3.63) is 0 Å². The highest BCUT2D eigenvalue weighted by atomic mass is 32.2. The van der Waals surface area contributed by atoms with Crippen molar-refractivity contribution in [1.29, 1.82) is 0 Å². The Bertz CT molecular complexity index is 320. The average molecular weight is 247 g/mol. The molecule has 0 heterocycles. The van der Waals surface area contributed by atoms with Crippen molar-refractivity contribution in [3.63, 3.8) is 0 Å². The van der Waals surface area contributed by atoms with E-state index in [2.05, 4.69) is 5.32 Å². The summed E-state index contributed by atoms with van der Waals surface area (Å²) in [5.74, 6) is 0.261. The predicted molar refractivity (Wildman–Crippen MR) is 64.2 cm³/mol. The van der Waals surface area contributed by atoms with Gasteiger partial charge in [-0.3, -0.25) is 4.79 Å². The normalized spacial score (nSPS) is 16.3. The number of nitrogens with one attached hydrogen (secondary N) is 1. The molecule has 1 rings (SSSR count). The van der Waals surface area contributed by atoms with E-state index < -0.39 is 9.84 Å². The first-order valence-electron chi connectivity index (χ1n) is 5.99. The van der Waals surface area contributed by atoms with Crippen LogP contribution >= 0.6 is 0 Å². The number of carbonyl (C=O) groups is 1. The minimum absolute atomic E-state index is 0.0170. The summed E-state index contributed by atoms with van der Waals surface area (Å²) in [5, 5.41) is 3.24. The van der Waals surface area contributed by atoms with E-state index in [1.54, 1.807) is 0 Å². The third-order valence-electron chi connectivity index (χ3n) is 2.62. The van der Waals surface area contributed by atoms with Crippen molar-refractivity contribution in [2.24, 2.45) is 0 Å². The number of ketones is 1. The molecule has 0 unspecified atom stereocenters. The van der Waals surface area contributed by atoms with Crippen LogP contribution in [0.2, 0.25) is 0 Å². The summed E-state index contributed by atoms with van der Waals surface area (Å²) in [4.78, 5) is 11.4. The van der Waals surface area contributed by atoms with Crippen molar-refractivity contribution in [2.45, 2.75) is 45.1 Å². The smallest absolute Gasteiger partial charge is 0.150 e. The summed E-state index contributed by atoms with van der Waals surface area (Å²) in [5.41, 5.74) is 0. The van der Waals surface area contributed by atoms with Gasteiger partial charge >= 0.3 is 0 Å². The van der Waals surface area contributed by atoms with E-state index >= 15 is 0 Å². The van der Waals surface area contributed by atoms with Gasteiger partial charge in [-0.05, 0) is 19.3 Å². The minimum Gasteiger partial charge on any atom is -0.314 e. The van der Waals surface area contributed by atoms with Crippen LogP contribution in [0.5, 0.6) is 0 Å². The molecule has 0 amide bonds. The van der Waals surface area contributed by atoms with E-state index in [9.17, 15) is 13.2 Å². The van der Waals surface area contributed by atoms with Gasteiger partial charge in [-0.15, -0.1) is 0 Å². The van der Waals surface area contributed by atoms with Gasteiger partial charge in [0.15, 0.2) is 9.84 Å². The molecule has 1 N–H and O–H groups in total. The molecule has 5 heteroatoms. The Labute approximate surface area is 97.7 Å². The first-order valence-corrected chi connectivity index (χ1v) is 7.81. The van der Waals surface area contributed by atoms with Crippen LogP contribution in [0.3, 0.4) is 0 Å². The van der Waals surface area contributed by atoms with Gasteiger partial charge in [-0.1, -0.05) is 6.92 Å². The Kier molecular flexibility index (Phi) is 5.41. The van der Waals surface area contributed by atoms with Crippen molar-refractivity contribution >= 4 is 15.6 Å². The summed E-state index contributed by atoms with van der Waals surface area (Å²) in [6.45, 7) is 2.52. The molecule has 0 aromatic carbocycles. The molecule has 0 aromatic heterocycles. The number of rotatable bonds is 9. The fourth-order valence-electron chi connectivity index (χ4n) is 1.51. The third kappa shape index (κ3) is 6.23. The Morgan fingerprint density at radius 1 is 1.25 bits per heavy atom. The lowest BCUT2D eigenvalue weighted by Crippen LogP contribution is -2.21. The fraction of sp³-hybridized carbons (Fsp3) is 0.909. The Hall–Kier alpha value is -0.420. The summed E-state index contributed by atoms with van der Waals surface area (Å²) in [6.07, 6.45) is 3.67. The van der Waals surface area contributed by atoms with Crippen molar-refractivity contribution in [2.75, 3.05) is 18.1 Å². The van der Waals surface area contributed by atoms with Gasteiger partial charge in [0.05, 0.1) is 5.75 Å². The van der Waals surface area contributed by atoms with Crippen LogP contribution in [0.25, 0.3) is 0 Å². The third-order valence-corrected chi connectivity index (χ3v) is 4.48. The highest BCUT2D eigenvalue weighted by molar-refractivity contribution is 7.91. The van der Waals surface area contributed by atoms with Crippen LogP contribution in [0, 0.1) is 0 Å². The molecule has 1 saturated carbocycles. The molecule has 0 aliphatic heterocycles. The highest BCUT2D eigenvalue weighted by Gasteiger charge is 2.20. The zero-order valence-electron chi connectivity index (χ0n) is 9.87. The first kappa shape index (κ1) is 13.6. The van der Waals surface area contributed by atoms with Gasteiger partial charge in [0.1, 0.15) is 5.78 Å². The fourth-order valence-corrected chi connectivity index (χ4v) is 2.88. The van der Waals surface area contributed by atoms with Crippen molar-refractivity contribution in [3.8, 4) is 0 Å². The van der Waals surface area contributed by atoms with Gasteiger partial charge < -0.3 is 5.32 Å². The SMILES string of the molecule is CCCS(=O)(=O)CCC(=O)CCNC1CC1. The van der Waals surface area contributed by atoms with E-state index in [0.29, 0.717) is 25.4 Å². The second kappa shape index (κ2) is 6.35. The van der Waals surface area contributed by atoms with Crippen LogP contribution in [0.15, 0.2) is 0 Å². The molecule has 4 nitrogen and oxygen atoms in total. The molecule has 16 heavy (non-hydrogen) atoms. The zero-order valence-corrected chi connectivity index (χ0v) is 10.7. The molecular weight excluding hydrogens is 226 g/mol. The molecule has 0 saturated heterocycles. The average Bonchev–Trinajstić information content (AvgIpc) is 2.99. The van der Waals surface area contributed by atoms with Gasteiger partial charge in [0.2, 0.25) is 0 Å². The lowest BCUT2D eigenvalue weighted by atomic mass is 10.2. The highest BCUT2D eigenvalue weighted by Crippen LogP contribution is 2.18. The van der Waals surface area contributed by atoms with Crippen LogP contribution < -0.4 is 5.32 Å². The molecule has 1 aliphatic rings. The second-order valence-corrected chi connectivity index (χ2v) is 6.72. The zero-order chi connectivity index (χ0) is 12.0. The van der Waals surface area contributed by atoms with E-state index in [1.807, 2.05) is 6.92 Å². The maximum atomic E-state index is 11.4. The molecule has 0 aromatic rings. The monoisotopic (exact) mass is 247 g/mol. The van der Waals surface area contributed by atoms with Crippen LogP contribution in [-0.2, 0) is 14.6 Å². The molecule has 0 atom stereocenters. The summed E-state index contributed by atoms with van der Waals surface area (Å²) >= 11 is 0. The van der Waals surface area contributed by atoms with E-state index in [-0.39, 0.29) is 23.7 Å². The first-order chi connectivity index (χ1) is 7.53. The summed E-state index contributed by atoms with van der Waals surface area (Å²) in [7, 11) is -3.00. The summed E-state index contributed by atoms with van der Waals surface area (Å²) < 4.78 is 22.7. The Morgan fingerprint density at radius 2 is 1.94 bits per heavy atom. The molecule has 0 spiro atoms. The van der Waals surface area contributed by atoms with E-state index in [1.165, 1.54) is 12.8 Å². The lowest BCUT2D eigenvalue weighted by molar-refractivity contribution is -0.118. The molecule has 0 bridgehead atoms. The van der Waals surface area contributed by atoms with Crippen molar-refractivity contribution in [1.82, 2.24) is 5.32 Å². The van der Waals surface area contributed by atoms with Crippen LogP contribution in [0.4, 0.5) is 0 Å². The van der Waals surface area contributed by atoms with Crippen LogP contribution in [0.1, 0.15) is 39.0 Å². The largest absolute Gasteiger partial charge is 0.314 e. The molecule has 1 aliphatic carbocycles. The minimum atomic E-state index is -3.00. The maximum absolute atomic E-state index is 11.4. The summed E-state index contributed by atoms with van der Waals surface area (Å²) in [6, 6.07) is 0.608. The van der Waals surface area contributed by atoms with E-state index in [4.69, 9.17) is 0 Å². The topological polar surface area (TPSA) is 63.2 Å². The second-order valence-electron chi connectivity index (χ2n) is 4.42. The number of hydrogen-bond donors (Lipinski definition) is 1. The quantitative estimate of drug-likeness (QED) is 0.658. The van der Waals surface area contributed by atoms with Gasteiger partial charge in [-0.25, -0.2) is 8.42 Å². The number of hydrogen-bond acceptors (Lipinski definition) is 4. The predicted octanol–water partition coefficient (Wildman–Crippen LogP) is 0.913. The number of Topliss-reactive ketones (excluding diaryl/α,β-unsaturated/α-hetero) is 1. The van der Waals surface area contributed by atoms with Gasteiger partial charge in [0, 0.05) is 31.2 Å². The Morgan fingerprint density at radius 3 is 2.50 bits per heavy atom. The van der Waals surface area contributed by atoms with Gasteiger partial charge in [0.25, 0.3) is 0 Å². The molecule has 0 radical (unpaired) electrons. The Balaban J connectivity index is 2.08. The molecule has 94 valence electrons. The molecule has 1 fully saturated rings.